The third-order valence-corrected chi connectivity index (χ3v) is 5.76. The molecule has 0 aliphatic heterocycles. The first-order valence-electron chi connectivity index (χ1n) is 10.5. The van der Waals surface area contributed by atoms with E-state index in [1.807, 2.05) is 48.7 Å². The minimum Gasteiger partial charge on any atom is -0.368 e. The zero-order valence-electron chi connectivity index (χ0n) is 17.4. The smallest absolute Gasteiger partial charge is 0.242 e. The van der Waals surface area contributed by atoms with E-state index in [-0.39, 0.29) is 5.91 Å². The fraction of sp³-hybridized carbons (Fsp3) is 0.192. The lowest BCUT2D eigenvalue weighted by atomic mass is 9.82. The van der Waals surface area contributed by atoms with Crippen LogP contribution in [0.4, 0.5) is 0 Å². The van der Waals surface area contributed by atoms with Gasteiger partial charge in [-0.15, -0.1) is 0 Å². The standard InChI is InChI=1S/C26H26N4O/c27-25(31)26(13-9-21-4-3-14-29-19-21,30-17-12-20-10-15-28-16-11-20)24-8-7-22-5-1-2-6-23(22)18-24/h1-8,10-11,14-16,18-19,30H,9,12-13,17H2,(H2,27,31). The molecule has 1 unspecified atom stereocenters. The molecule has 2 heterocycles. The molecular formula is C26H26N4O. The fourth-order valence-corrected chi connectivity index (χ4v) is 3.99. The molecule has 156 valence electrons. The van der Waals surface area contributed by atoms with Gasteiger partial charge in [-0.3, -0.25) is 20.1 Å². The number of rotatable bonds is 9. The summed E-state index contributed by atoms with van der Waals surface area (Å²) >= 11 is 0. The zero-order chi connectivity index (χ0) is 21.5. The van der Waals surface area contributed by atoms with Crippen molar-refractivity contribution in [1.29, 1.82) is 0 Å². The largest absolute Gasteiger partial charge is 0.368 e. The second-order valence-corrected chi connectivity index (χ2v) is 7.73. The van der Waals surface area contributed by atoms with E-state index in [9.17, 15) is 4.79 Å². The van der Waals surface area contributed by atoms with Crippen molar-refractivity contribution in [1.82, 2.24) is 15.3 Å². The van der Waals surface area contributed by atoms with Crippen LogP contribution in [0.2, 0.25) is 0 Å². The Labute approximate surface area is 182 Å². The summed E-state index contributed by atoms with van der Waals surface area (Å²) < 4.78 is 0. The van der Waals surface area contributed by atoms with Gasteiger partial charge in [-0.05, 0) is 71.0 Å². The number of nitrogens with zero attached hydrogens (tertiary/aromatic N) is 2. The summed E-state index contributed by atoms with van der Waals surface area (Å²) in [4.78, 5) is 21.2. The Morgan fingerprint density at radius 1 is 0.839 bits per heavy atom. The number of aryl methyl sites for hydroxylation is 1. The van der Waals surface area contributed by atoms with Crippen LogP contribution in [0.1, 0.15) is 23.1 Å². The summed E-state index contributed by atoms with van der Waals surface area (Å²) in [5.74, 6) is -0.374. The Kier molecular flexibility index (Phi) is 6.34. The van der Waals surface area contributed by atoms with E-state index in [0.29, 0.717) is 19.4 Å². The molecule has 3 N–H and O–H groups in total. The van der Waals surface area contributed by atoms with E-state index in [0.717, 1.165) is 33.9 Å². The average molecular weight is 411 g/mol. The van der Waals surface area contributed by atoms with Crippen LogP contribution in [-0.2, 0) is 23.2 Å². The van der Waals surface area contributed by atoms with E-state index in [4.69, 9.17) is 5.73 Å². The van der Waals surface area contributed by atoms with E-state index >= 15 is 0 Å². The first-order valence-corrected chi connectivity index (χ1v) is 10.5. The van der Waals surface area contributed by atoms with Gasteiger partial charge in [0, 0.05) is 31.3 Å². The number of nitrogens with two attached hydrogens (primary N) is 1. The quantitative estimate of drug-likeness (QED) is 0.440. The number of amides is 1. The van der Waals surface area contributed by atoms with Gasteiger partial charge in [-0.1, -0.05) is 42.5 Å². The topological polar surface area (TPSA) is 80.9 Å². The number of fused-ring (bicyclic) bond motifs is 1. The van der Waals surface area contributed by atoms with Gasteiger partial charge in [0.15, 0.2) is 0 Å². The van der Waals surface area contributed by atoms with Crippen LogP contribution in [-0.4, -0.2) is 22.4 Å². The Bertz CT molecular complexity index is 1150. The monoisotopic (exact) mass is 410 g/mol. The van der Waals surface area contributed by atoms with E-state index in [1.54, 1.807) is 18.6 Å². The summed E-state index contributed by atoms with van der Waals surface area (Å²) in [6, 6.07) is 22.2. The first-order chi connectivity index (χ1) is 15.2. The molecule has 4 rings (SSSR count). The van der Waals surface area contributed by atoms with Crippen molar-refractivity contribution in [2.24, 2.45) is 5.73 Å². The minimum absolute atomic E-state index is 0.374. The van der Waals surface area contributed by atoms with Crippen LogP contribution < -0.4 is 11.1 Å². The van der Waals surface area contributed by atoms with Gasteiger partial charge in [0.1, 0.15) is 5.54 Å². The summed E-state index contributed by atoms with van der Waals surface area (Å²) in [5.41, 5.74) is 8.20. The molecule has 0 saturated carbocycles. The molecule has 2 aromatic carbocycles. The van der Waals surface area contributed by atoms with Crippen molar-refractivity contribution < 1.29 is 4.79 Å². The van der Waals surface area contributed by atoms with Crippen LogP contribution in [0.15, 0.2) is 91.5 Å². The lowest BCUT2D eigenvalue weighted by molar-refractivity contribution is -0.125. The number of hydrogen-bond donors (Lipinski definition) is 2. The Hall–Kier alpha value is -3.57. The summed E-state index contributed by atoms with van der Waals surface area (Å²) in [6.07, 6.45) is 9.15. The highest BCUT2D eigenvalue weighted by atomic mass is 16.1. The lowest BCUT2D eigenvalue weighted by Crippen LogP contribution is -2.53. The molecule has 0 fully saturated rings. The van der Waals surface area contributed by atoms with Crippen molar-refractivity contribution in [2.75, 3.05) is 6.54 Å². The highest BCUT2D eigenvalue weighted by Gasteiger charge is 2.37. The maximum Gasteiger partial charge on any atom is 0.242 e. The molecule has 1 amide bonds. The molecule has 0 aliphatic carbocycles. The Morgan fingerprint density at radius 2 is 1.65 bits per heavy atom. The molecule has 1 atom stereocenters. The van der Waals surface area contributed by atoms with Gasteiger partial charge in [0.25, 0.3) is 0 Å². The molecule has 0 spiro atoms. The first kappa shape index (κ1) is 20.7. The average Bonchev–Trinajstić information content (AvgIpc) is 2.82. The highest BCUT2D eigenvalue weighted by Crippen LogP contribution is 2.30. The molecule has 4 aromatic rings. The number of pyridine rings is 2. The number of hydrogen-bond acceptors (Lipinski definition) is 4. The molecular weight excluding hydrogens is 384 g/mol. The van der Waals surface area contributed by atoms with E-state index in [1.165, 1.54) is 0 Å². The zero-order valence-corrected chi connectivity index (χ0v) is 17.4. The van der Waals surface area contributed by atoms with Crippen LogP contribution >= 0.6 is 0 Å². The number of benzene rings is 2. The van der Waals surface area contributed by atoms with Crippen molar-refractivity contribution in [3.05, 3.63) is 108 Å². The van der Waals surface area contributed by atoms with E-state index in [2.05, 4.69) is 39.6 Å². The fourth-order valence-electron chi connectivity index (χ4n) is 3.99. The number of carbonyl (C=O) groups excluding carboxylic acids is 1. The van der Waals surface area contributed by atoms with Crippen molar-refractivity contribution >= 4 is 16.7 Å². The number of nitrogens with one attached hydrogen (secondary N) is 1. The second kappa shape index (κ2) is 9.49. The number of carbonyl (C=O) groups is 1. The second-order valence-electron chi connectivity index (χ2n) is 7.73. The molecule has 0 saturated heterocycles. The Morgan fingerprint density at radius 3 is 2.39 bits per heavy atom. The SMILES string of the molecule is NC(=O)C(CCc1cccnc1)(NCCc1ccncc1)c1ccc2ccccc2c1. The highest BCUT2D eigenvalue weighted by molar-refractivity contribution is 5.89. The summed E-state index contributed by atoms with van der Waals surface area (Å²) in [7, 11) is 0. The summed E-state index contributed by atoms with van der Waals surface area (Å²) in [5, 5.41) is 5.74. The number of primary amides is 1. The normalized spacial score (nSPS) is 13.0. The predicted octanol–water partition coefficient (Wildman–Crippen LogP) is 3.78. The van der Waals surface area contributed by atoms with Gasteiger partial charge in [-0.25, -0.2) is 0 Å². The van der Waals surface area contributed by atoms with Crippen molar-refractivity contribution in [2.45, 2.75) is 24.8 Å². The van der Waals surface area contributed by atoms with Crippen molar-refractivity contribution in [3.8, 4) is 0 Å². The van der Waals surface area contributed by atoms with E-state index < -0.39 is 5.54 Å². The maximum atomic E-state index is 13.0. The lowest BCUT2D eigenvalue weighted by Gasteiger charge is -2.33. The van der Waals surface area contributed by atoms with Gasteiger partial charge < -0.3 is 5.73 Å². The van der Waals surface area contributed by atoms with Gasteiger partial charge in [0.05, 0.1) is 0 Å². The van der Waals surface area contributed by atoms with Crippen LogP contribution in [0.25, 0.3) is 10.8 Å². The molecule has 2 aromatic heterocycles. The van der Waals surface area contributed by atoms with Crippen LogP contribution in [0, 0.1) is 0 Å². The van der Waals surface area contributed by atoms with Gasteiger partial charge in [0.2, 0.25) is 5.91 Å². The Balaban J connectivity index is 1.66. The molecule has 0 bridgehead atoms. The van der Waals surface area contributed by atoms with Gasteiger partial charge in [-0.2, -0.15) is 0 Å². The predicted molar refractivity (Wildman–Crippen MR) is 123 cm³/mol. The minimum atomic E-state index is -0.979. The third kappa shape index (κ3) is 4.78. The molecule has 0 aliphatic rings. The molecule has 0 radical (unpaired) electrons. The van der Waals surface area contributed by atoms with Gasteiger partial charge >= 0.3 is 0 Å². The molecule has 31 heavy (non-hydrogen) atoms. The van der Waals surface area contributed by atoms with Crippen molar-refractivity contribution in [3.63, 3.8) is 0 Å². The maximum absolute atomic E-state index is 13.0. The molecule has 5 nitrogen and oxygen atoms in total. The molecule has 5 heteroatoms. The van der Waals surface area contributed by atoms with Crippen LogP contribution in [0.3, 0.4) is 0 Å². The number of aromatic nitrogens is 2. The summed E-state index contributed by atoms with van der Waals surface area (Å²) in [6.45, 7) is 0.618. The third-order valence-electron chi connectivity index (χ3n) is 5.76. The van der Waals surface area contributed by atoms with Crippen LogP contribution in [0.5, 0.6) is 0 Å².